The molecule has 5 nitrogen and oxygen atoms in total. The van der Waals surface area contributed by atoms with Gasteiger partial charge in [-0.3, -0.25) is 0 Å². The number of para-hydroxylation sites is 1. The van der Waals surface area contributed by atoms with Crippen molar-refractivity contribution in [1.82, 2.24) is 9.72 Å². The molecule has 0 atom stereocenters. The molecule has 2 heterocycles. The molecule has 3 aromatic rings. The lowest BCUT2D eigenvalue weighted by atomic mass is 10.2. The highest BCUT2D eigenvalue weighted by atomic mass is 16.5. The van der Waals surface area contributed by atoms with Gasteiger partial charge in [0.1, 0.15) is 12.3 Å². The Morgan fingerprint density at radius 2 is 2.20 bits per heavy atom. The summed E-state index contributed by atoms with van der Waals surface area (Å²) < 4.78 is 12.4. The van der Waals surface area contributed by atoms with Crippen molar-refractivity contribution in [3.8, 4) is 0 Å². The van der Waals surface area contributed by atoms with Crippen LogP contribution in [0.5, 0.6) is 0 Å². The van der Waals surface area contributed by atoms with Gasteiger partial charge in [-0.2, -0.15) is 0 Å². The van der Waals surface area contributed by atoms with E-state index in [4.69, 9.17) is 15.0 Å². The lowest BCUT2D eigenvalue weighted by Crippen LogP contribution is -1.98. The average molecular weight is 271 g/mol. The molecule has 0 saturated heterocycles. The minimum absolute atomic E-state index is 0.438. The number of rotatable bonds is 5. The first kappa shape index (κ1) is 12.9. The fourth-order valence-electron chi connectivity index (χ4n) is 2.43. The molecule has 0 aliphatic carbocycles. The number of benzene rings is 1. The van der Waals surface area contributed by atoms with Gasteiger partial charge in [-0.05, 0) is 11.6 Å². The minimum Gasteiger partial charge on any atom is -0.377 e. The summed E-state index contributed by atoms with van der Waals surface area (Å²) in [5.41, 5.74) is 8.98. The van der Waals surface area contributed by atoms with E-state index in [1.807, 2.05) is 18.2 Å². The predicted molar refractivity (Wildman–Crippen MR) is 76.1 cm³/mol. The molecule has 20 heavy (non-hydrogen) atoms. The number of ether oxygens (including phenoxy) is 1. The Morgan fingerprint density at radius 3 is 3.00 bits per heavy atom. The lowest BCUT2D eigenvalue weighted by molar-refractivity contribution is 0.155. The lowest BCUT2D eigenvalue weighted by Gasteiger charge is -2.01. The van der Waals surface area contributed by atoms with Crippen LogP contribution in [0.4, 0.5) is 0 Å². The van der Waals surface area contributed by atoms with E-state index in [1.165, 1.54) is 5.39 Å². The Kier molecular flexibility index (Phi) is 3.54. The molecule has 0 amide bonds. The van der Waals surface area contributed by atoms with Crippen LogP contribution in [0.25, 0.3) is 10.9 Å². The van der Waals surface area contributed by atoms with Crippen LogP contribution in [0.2, 0.25) is 0 Å². The summed E-state index contributed by atoms with van der Waals surface area (Å²) in [7, 11) is 1.63. The highest BCUT2D eigenvalue weighted by molar-refractivity contribution is 5.84. The van der Waals surface area contributed by atoms with Crippen LogP contribution in [-0.4, -0.2) is 16.8 Å². The van der Waals surface area contributed by atoms with E-state index in [-0.39, 0.29) is 0 Å². The molecule has 1 aromatic carbocycles. The van der Waals surface area contributed by atoms with Crippen LogP contribution in [0.15, 0.2) is 41.1 Å². The fourth-order valence-corrected chi connectivity index (χ4v) is 2.43. The van der Waals surface area contributed by atoms with Gasteiger partial charge in [-0.15, -0.1) is 0 Å². The molecular formula is C15H17N3O2. The van der Waals surface area contributed by atoms with E-state index >= 15 is 0 Å². The SMILES string of the molecule is COCc1cc(Cn2cc(CN)c3ccccc32)no1. The van der Waals surface area contributed by atoms with Crippen LogP contribution in [-0.2, 0) is 24.4 Å². The summed E-state index contributed by atoms with van der Waals surface area (Å²) in [6.07, 6.45) is 2.08. The minimum atomic E-state index is 0.438. The zero-order chi connectivity index (χ0) is 13.9. The Morgan fingerprint density at radius 1 is 1.35 bits per heavy atom. The Balaban J connectivity index is 1.93. The molecule has 0 fully saturated rings. The van der Waals surface area contributed by atoms with Crippen LogP contribution in [0.1, 0.15) is 17.0 Å². The highest BCUT2D eigenvalue weighted by Crippen LogP contribution is 2.22. The van der Waals surface area contributed by atoms with E-state index in [0.717, 1.165) is 22.5 Å². The molecule has 5 heteroatoms. The summed E-state index contributed by atoms with van der Waals surface area (Å²) in [4.78, 5) is 0. The van der Waals surface area contributed by atoms with Gasteiger partial charge >= 0.3 is 0 Å². The molecule has 104 valence electrons. The molecule has 0 aliphatic heterocycles. The van der Waals surface area contributed by atoms with Gasteiger partial charge in [0, 0.05) is 36.8 Å². The molecular weight excluding hydrogens is 254 g/mol. The van der Waals surface area contributed by atoms with Crippen molar-refractivity contribution in [3.05, 3.63) is 53.5 Å². The number of nitrogens with zero attached hydrogens (tertiary/aromatic N) is 2. The maximum Gasteiger partial charge on any atom is 0.162 e. The van der Waals surface area contributed by atoms with Crippen molar-refractivity contribution in [3.63, 3.8) is 0 Å². The molecule has 0 saturated carbocycles. The van der Waals surface area contributed by atoms with Gasteiger partial charge in [-0.25, -0.2) is 0 Å². The van der Waals surface area contributed by atoms with E-state index in [2.05, 4.69) is 28.1 Å². The zero-order valence-electron chi connectivity index (χ0n) is 11.4. The van der Waals surface area contributed by atoms with Gasteiger partial charge in [-0.1, -0.05) is 23.4 Å². The van der Waals surface area contributed by atoms with Crippen molar-refractivity contribution < 1.29 is 9.26 Å². The normalized spacial score (nSPS) is 11.3. The number of nitrogens with two attached hydrogens (primary N) is 1. The zero-order valence-corrected chi connectivity index (χ0v) is 11.4. The van der Waals surface area contributed by atoms with Gasteiger partial charge in [0.05, 0.1) is 6.54 Å². The number of fused-ring (bicyclic) bond motifs is 1. The summed E-state index contributed by atoms with van der Waals surface area (Å²) in [5.74, 6) is 0.734. The topological polar surface area (TPSA) is 66.2 Å². The van der Waals surface area contributed by atoms with E-state index < -0.39 is 0 Å². The molecule has 0 aliphatic rings. The van der Waals surface area contributed by atoms with Crippen molar-refractivity contribution in [2.24, 2.45) is 5.73 Å². The fraction of sp³-hybridized carbons (Fsp3) is 0.267. The quantitative estimate of drug-likeness (QED) is 0.773. The van der Waals surface area contributed by atoms with Gasteiger partial charge in [0.15, 0.2) is 5.76 Å². The maximum absolute atomic E-state index is 5.80. The Hall–Kier alpha value is -2.11. The average Bonchev–Trinajstić information content (AvgIpc) is 3.05. The van der Waals surface area contributed by atoms with Gasteiger partial charge < -0.3 is 19.6 Å². The van der Waals surface area contributed by atoms with Crippen LogP contribution in [0, 0.1) is 0 Å². The van der Waals surface area contributed by atoms with Gasteiger partial charge in [0.25, 0.3) is 0 Å². The second kappa shape index (κ2) is 5.48. The van der Waals surface area contributed by atoms with Gasteiger partial charge in [0.2, 0.25) is 0 Å². The molecule has 2 N–H and O–H groups in total. The first-order chi connectivity index (χ1) is 9.81. The third kappa shape index (κ3) is 2.33. The van der Waals surface area contributed by atoms with E-state index in [9.17, 15) is 0 Å². The molecule has 2 aromatic heterocycles. The molecule has 0 spiro atoms. The number of hydrogen-bond donors (Lipinski definition) is 1. The monoisotopic (exact) mass is 271 g/mol. The van der Waals surface area contributed by atoms with Crippen LogP contribution >= 0.6 is 0 Å². The summed E-state index contributed by atoms with van der Waals surface area (Å²) in [5, 5.41) is 5.26. The third-order valence-electron chi connectivity index (χ3n) is 3.32. The molecule has 0 unspecified atom stereocenters. The molecule has 0 radical (unpaired) electrons. The van der Waals surface area contributed by atoms with Crippen molar-refractivity contribution >= 4 is 10.9 Å². The maximum atomic E-state index is 5.80. The standard InChI is InChI=1S/C15H17N3O2/c1-19-10-13-6-12(17-20-13)9-18-8-11(7-16)14-4-2-3-5-15(14)18/h2-6,8H,7,9-10,16H2,1H3. The Bertz CT molecular complexity index is 715. The molecule has 0 bridgehead atoms. The largest absolute Gasteiger partial charge is 0.377 e. The van der Waals surface area contributed by atoms with Crippen molar-refractivity contribution in [1.29, 1.82) is 0 Å². The third-order valence-corrected chi connectivity index (χ3v) is 3.32. The van der Waals surface area contributed by atoms with E-state index in [0.29, 0.717) is 19.7 Å². The number of hydrogen-bond acceptors (Lipinski definition) is 4. The summed E-state index contributed by atoms with van der Waals surface area (Å²) >= 11 is 0. The van der Waals surface area contributed by atoms with Crippen molar-refractivity contribution in [2.75, 3.05) is 7.11 Å². The first-order valence-electron chi connectivity index (χ1n) is 6.52. The predicted octanol–water partition coefficient (Wildman–Crippen LogP) is 2.28. The number of methoxy groups -OCH3 is 1. The van der Waals surface area contributed by atoms with Crippen LogP contribution in [0.3, 0.4) is 0 Å². The second-order valence-electron chi connectivity index (χ2n) is 4.72. The summed E-state index contributed by atoms with van der Waals surface area (Å²) in [6, 6.07) is 10.1. The summed E-state index contributed by atoms with van der Waals surface area (Å²) in [6.45, 7) is 1.63. The van der Waals surface area contributed by atoms with E-state index in [1.54, 1.807) is 7.11 Å². The van der Waals surface area contributed by atoms with Crippen LogP contribution < -0.4 is 5.73 Å². The highest BCUT2D eigenvalue weighted by Gasteiger charge is 2.09. The Labute approximate surface area is 116 Å². The molecule has 3 rings (SSSR count). The number of aromatic nitrogens is 2. The smallest absolute Gasteiger partial charge is 0.162 e. The second-order valence-corrected chi connectivity index (χ2v) is 4.72. The van der Waals surface area contributed by atoms with Crippen molar-refractivity contribution in [2.45, 2.75) is 19.7 Å². The first-order valence-corrected chi connectivity index (χ1v) is 6.52.